The number of amides is 3. The van der Waals surface area contributed by atoms with Crippen LogP contribution in [0.25, 0.3) is 11.4 Å². The minimum atomic E-state index is -0.728. The molecule has 3 amide bonds. The van der Waals surface area contributed by atoms with Gasteiger partial charge < -0.3 is 25.1 Å². The van der Waals surface area contributed by atoms with E-state index in [1.54, 1.807) is 57.2 Å². The van der Waals surface area contributed by atoms with Crippen LogP contribution < -0.4 is 15.8 Å². The zero-order valence-electron chi connectivity index (χ0n) is 24.9. The highest BCUT2D eigenvalue weighted by atomic mass is 16.6. The summed E-state index contributed by atoms with van der Waals surface area (Å²) < 4.78 is 13.0. The molecule has 0 saturated heterocycles. The molecule has 0 radical (unpaired) electrons. The summed E-state index contributed by atoms with van der Waals surface area (Å²) in [5.74, 6) is 6.01. The van der Waals surface area contributed by atoms with Crippen LogP contribution in [0, 0.1) is 11.8 Å². The SMILES string of the molecule is Cn1c(-c2nc(N)ncc2C#Cc2cccc(OCC(=O)Nc3ccccc3)c2)cc2c1CCN(C(=O)OC(C)(C)C)C2=O. The summed E-state index contributed by atoms with van der Waals surface area (Å²) in [6.45, 7) is 5.29. The monoisotopic (exact) mass is 592 g/mol. The van der Waals surface area contributed by atoms with E-state index in [-0.39, 0.29) is 25.0 Å². The Morgan fingerprint density at radius 2 is 1.84 bits per heavy atom. The van der Waals surface area contributed by atoms with Crippen molar-refractivity contribution in [2.24, 2.45) is 7.05 Å². The van der Waals surface area contributed by atoms with Crippen LogP contribution in [0.5, 0.6) is 5.75 Å². The third-order valence-corrected chi connectivity index (χ3v) is 6.67. The van der Waals surface area contributed by atoms with Gasteiger partial charge in [0.15, 0.2) is 6.61 Å². The Hall–Kier alpha value is -5.63. The van der Waals surface area contributed by atoms with E-state index >= 15 is 0 Å². The third-order valence-electron chi connectivity index (χ3n) is 6.67. The first-order valence-electron chi connectivity index (χ1n) is 13.9. The van der Waals surface area contributed by atoms with Gasteiger partial charge in [0.2, 0.25) is 5.95 Å². The normalized spacial score (nSPS) is 12.5. The molecule has 1 aliphatic rings. The second kappa shape index (κ2) is 12.3. The van der Waals surface area contributed by atoms with Crippen LogP contribution in [0.4, 0.5) is 16.4 Å². The van der Waals surface area contributed by atoms with Crippen LogP contribution in [-0.2, 0) is 23.0 Å². The number of nitrogens with one attached hydrogen (secondary N) is 1. The highest BCUT2D eigenvalue weighted by Crippen LogP contribution is 2.30. The Labute approximate surface area is 255 Å². The molecule has 4 aromatic rings. The third kappa shape index (κ3) is 6.87. The van der Waals surface area contributed by atoms with E-state index in [9.17, 15) is 14.4 Å². The van der Waals surface area contributed by atoms with E-state index in [2.05, 4.69) is 27.1 Å². The quantitative estimate of drug-likeness (QED) is 0.325. The number of nitrogens with zero attached hydrogens (tertiary/aromatic N) is 4. The van der Waals surface area contributed by atoms with Crippen LogP contribution in [-0.4, -0.2) is 56.1 Å². The van der Waals surface area contributed by atoms with Crippen molar-refractivity contribution in [3.05, 3.63) is 89.2 Å². The number of carbonyl (C=O) groups is 3. The van der Waals surface area contributed by atoms with Gasteiger partial charge in [-0.2, -0.15) is 0 Å². The number of imide groups is 1. The molecule has 224 valence electrons. The summed E-state index contributed by atoms with van der Waals surface area (Å²) >= 11 is 0. The summed E-state index contributed by atoms with van der Waals surface area (Å²) in [5, 5.41) is 2.78. The molecule has 11 heteroatoms. The van der Waals surface area contributed by atoms with Crippen molar-refractivity contribution < 1.29 is 23.9 Å². The molecule has 0 atom stereocenters. The van der Waals surface area contributed by atoms with Crippen molar-refractivity contribution >= 4 is 29.5 Å². The molecule has 0 spiro atoms. The lowest BCUT2D eigenvalue weighted by atomic mass is 10.1. The Morgan fingerprint density at radius 3 is 2.59 bits per heavy atom. The lowest BCUT2D eigenvalue weighted by Gasteiger charge is -2.28. The lowest BCUT2D eigenvalue weighted by molar-refractivity contribution is -0.118. The zero-order valence-corrected chi connectivity index (χ0v) is 24.9. The average molecular weight is 593 g/mol. The van der Waals surface area contributed by atoms with Crippen LogP contribution in [0.15, 0.2) is 66.9 Å². The van der Waals surface area contributed by atoms with E-state index in [0.29, 0.717) is 45.9 Å². The van der Waals surface area contributed by atoms with Gasteiger partial charge in [0, 0.05) is 43.2 Å². The molecule has 3 N–H and O–H groups in total. The van der Waals surface area contributed by atoms with Crippen molar-refractivity contribution in [1.82, 2.24) is 19.4 Å². The van der Waals surface area contributed by atoms with Gasteiger partial charge in [0.05, 0.1) is 16.8 Å². The van der Waals surface area contributed by atoms with Crippen molar-refractivity contribution in [2.75, 3.05) is 24.2 Å². The number of ether oxygens (including phenoxy) is 2. The second-order valence-electron chi connectivity index (χ2n) is 11.1. The number of hydrogen-bond donors (Lipinski definition) is 2. The molecule has 0 bridgehead atoms. The maximum absolute atomic E-state index is 13.3. The number of para-hydroxylation sites is 1. The van der Waals surface area contributed by atoms with E-state index in [0.717, 1.165) is 10.6 Å². The molecule has 2 aromatic heterocycles. The predicted octanol–water partition coefficient (Wildman–Crippen LogP) is 4.42. The van der Waals surface area contributed by atoms with Gasteiger partial charge in [-0.1, -0.05) is 36.1 Å². The molecule has 11 nitrogen and oxygen atoms in total. The van der Waals surface area contributed by atoms with Gasteiger partial charge in [-0.25, -0.2) is 19.7 Å². The maximum atomic E-state index is 13.3. The molecule has 0 aliphatic carbocycles. The summed E-state index contributed by atoms with van der Waals surface area (Å²) in [6.07, 6.45) is 1.30. The lowest BCUT2D eigenvalue weighted by Crippen LogP contribution is -2.44. The van der Waals surface area contributed by atoms with Crippen LogP contribution >= 0.6 is 0 Å². The first-order chi connectivity index (χ1) is 21.0. The number of carbonyl (C=O) groups excluding carboxylic acids is 3. The Balaban J connectivity index is 1.36. The van der Waals surface area contributed by atoms with Gasteiger partial charge in [0.25, 0.3) is 11.8 Å². The topological polar surface area (TPSA) is 142 Å². The highest BCUT2D eigenvalue weighted by Gasteiger charge is 2.35. The van der Waals surface area contributed by atoms with Gasteiger partial charge in [-0.05, 0) is 57.2 Å². The Kier molecular flexibility index (Phi) is 8.35. The number of nitrogens with two attached hydrogens (primary N) is 1. The van der Waals surface area contributed by atoms with Crippen molar-refractivity contribution in [3.8, 4) is 29.0 Å². The van der Waals surface area contributed by atoms with Crippen LogP contribution in [0.1, 0.15) is 48.0 Å². The molecule has 1 aliphatic heterocycles. The second-order valence-corrected chi connectivity index (χ2v) is 11.1. The molecule has 3 heterocycles. The van der Waals surface area contributed by atoms with E-state index in [1.165, 1.54) is 6.20 Å². The summed E-state index contributed by atoms with van der Waals surface area (Å²) in [6, 6.07) is 17.9. The molecule has 44 heavy (non-hydrogen) atoms. The predicted molar refractivity (Wildman–Crippen MR) is 165 cm³/mol. The minimum Gasteiger partial charge on any atom is -0.484 e. The first kappa shape index (κ1) is 29.8. The molecular formula is C33H32N6O5. The van der Waals surface area contributed by atoms with Crippen molar-refractivity contribution in [1.29, 1.82) is 0 Å². The number of aromatic nitrogens is 3. The van der Waals surface area contributed by atoms with Gasteiger partial charge in [0.1, 0.15) is 17.0 Å². The summed E-state index contributed by atoms with van der Waals surface area (Å²) in [5.41, 5.74) is 9.25. The fraction of sp³-hybridized carbons (Fsp3) is 0.242. The first-order valence-corrected chi connectivity index (χ1v) is 13.9. The highest BCUT2D eigenvalue weighted by molar-refractivity contribution is 6.05. The van der Waals surface area contributed by atoms with E-state index < -0.39 is 17.6 Å². The van der Waals surface area contributed by atoms with Crippen LogP contribution in [0.3, 0.4) is 0 Å². The number of rotatable bonds is 5. The van der Waals surface area contributed by atoms with Gasteiger partial charge >= 0.3 is 6.09 Å². The van der Waals surface area contributed by atoms with Gasteiger partial charge in [-0.15, -0.1) is 0 Å². The molecule has 5 rings (SSSR count). The Morgan fingerprint density at radius 1 is 1.07 bits per heavy atom. The molecule has 2 aromatic carbocycles. The summed E-state index contributed by atoms with van der Waals surface area (Å²) in [7, 11) is 1.83. The number of hydrogen-bond acceptors (Lipinski definition) is 8. The van der Waals surface area contributed by atoms with E-state index in [4.69, 9.17) is 15.2 Å². The maximum Gasteiger partial charge on any atom is 0.417 e. The number of fused-ring (bicyclic) bond motifs is 1. The summed E-state index contributed by atoms with van der Waals surface area (Å²) in [4.78, 5) is 47.9. The minimum absolute atomic E-state index is 0.0515. The fourth-order valence-corrected chi connectivity index (χ4v) is 4.67. The van der Waals surface area contributed by atoms with Gasteiger partial charge in [-0.3, -0.25) is 9.59 Å². The smallest absolute Gasteiger partial charge is 0.417 e. The zero-order chi connectivity index (χ0) is 31.4. The van der Waals surface area contributed by atoms with Crippen LogP contribution in [0.2, 0.25) is 0 Å². The molecule has 0 saturated carbocycles. The average Bonchev–Trinajstić information content (AvgIpc) is 3.32. The Bertz CT molecular complexity index is 1800. The molecular weight excluding hydrogens is 560 g/mol. The van der Waals surface area contributed by atoms with Crippen molar-refractivity contribution in [2.45, 2.75) is 32.8 Å². The molecule has 0 unspecified atom stereocenters. The molecule has 0 fully saturated rings. The number of benzene rings is 2. The van der Waals surface area contributed by atoms with E-state index in [1.807, 2.05) is 35.9 Å². The fourth-order valence-electron chi connectivity index (χ4n) is 4.67. The number of anilines is 2. The van der Waals surface area contributed by atoms with Crippen molar-refractivity contribution in [3.63, 3.8) is 0 Å². The standard InChI is InChI=1S/C33H32N6O5/c1-33(2,3)44-32(42)39-16-15-26-25(30(39)41)18-27(38(26)4)29-22(19-35-31(34)37-29)14-13-21-9-8-12-24(17-21)43-20-28(40)36-23-10-6-5-7-11-23/h5-12,17-19H,15-16,20H2,1-4H3,(H,36,40)(H2,34,35,37). The largest absolute Gasteiger partial charge is 0.484 e. The number of nitrogen functional groups attached to an aromatic ring is 1.